The van der Waals surface area contributed by atoms with E-state index in [1.165, 1.54) is 71.6 Å². The van der Waals surface area contributed by atoms with E-state index in [4.69, 9.17) is 9.97 Å². The van der Waals surface area contributed by atoms with Crippen molar-refractivity contribution in [3.63, 3.8) is 0 Å². The third-order valence-electron chi connectivity index (χ3n) is 8.55. The maximum atomic E-state index is 4.83. The number of hydrogen-bond acceptors (Lipinski definition) is 6. The second-order valence-corrected chi connectivity index (χ2v) is 15.0. The van der Waals surface area contributed by atoms with Crippen LogP contribution in [0.5, 0.6) is 0 Å². The summed E-state index contributed by atoms with van der Waals surface area (Å²) in [6.07, 6.45) is 3.97. The first kappa shape index (κ1) is 24.9. The molecule has 4 aromatic carbocycles. The minimum Gasteiger partial charge on any atom is -0.254 e. The maximum Gasteiger partial charge on any atom is 0.0886 e. The molecule has 0 aliphatic heterocycles. The second kappa shape index (κ2) is 9.52. The standard InChI is InChI=1S/C38H20N2S4/c1-7-29-27(35-21(1)13-15-41-35)9-3-23-17-33(43-37(23)29)25-5-11-31(39-19-25)32-12-6-26(20-40-32)34-18-24-4-10-28-30(38(24)44-34)8-2-22-14-16-42-36(22)28/h1-20H. The average Bonchev–Trinajstić information content (AvgIpc) is 3.89. The molecular formula is C38H20N2S4. The van der Waals surface area contributed by atoms with Gasteiger partial charge in [0.25, 0.3) is 0 Å². The van der Waals surface area contributed by atoms with Crippen LogP contribution in [0.4, 0.5) is 0 Å². The van der Waals surface area contributed by atoms with Gasteiger partial charge in [0.15, 0.2) is 0 Å². The van der Waals surface area contributed by atoms with Crippen LogP contribution in [0.25, 0.3) is 94.2 Å². The lowest BCUT2D eigenvalue weighted by Crippen LogP contribution is -1.87. The van der Waals surface area contributed by atoms with Crippen LogP contribution < -0.4 is 0 Å². The van der Waals surface area contributed by atoms with Crippen LogP contribution in [0.15, 0.2) is 120 Å². The lowest BCUT2D eigenvalue weighted by Gasteiger charge is -2.03. The predicted octanol–water partition coefficient (Wildman–Crippen LogP) is 12.6. The molecule has 0 N–H and O–H groups in total. The normalized spacial score (nSPS) is 12.1. The third kappa shape index (κ3) is 3.75. The van der Waals surface area contributed by atoms with Gasteiger partial charge in [-0.1, -0.05) is 48.5 Å². The van der Waals surface area contributed by atoms with Crippen LogP contribution >= 0.6 is 45.3 Å². The van der Waals surface area contributed by atoms with Gasteiger partial charge in [-0.25, -0.2) is 0 Å². The van der Waals surface area contributed by atoms with Gasteiger partial charge in [-0.15, -0.1) is 45.3 Å². The van der Waals surface area contributed by atoms with E-state index >= 15 is 0 Å². The van der Waals surface area contributed by atoms with Crippen molar-refractivity contribution in [3.05, 3.63) is 120 Å². The molecule has 0 spiro atoms. The second-order valence-electron chi connectivity index (χ2n) is 11.1. The van der Waals surface area contributed by atoms with E-state index in [0.717, 1.165) is 22.5 Å². The van der Waals surface area contributed by atoms with Gasteiger partial charge in [-0.2, -0.15) is 0 Å². The number of aromatic nitrogens is 2. The lowest BCUT2D eigenvalue weighted by atomic mass is 10.1. The summed E-state index contributed by atoms with van der Waals surface area (Å²) in [6, 6.07) is 35.6. The van der Waals surface area contributed by atoms with Gasteiger partial charge in [0, 0.05) is 73.6 Å². The first-order valence-corrected chi connectivity index (χ1v) is 17.7. The van der Waals surface area contributed by atoms with Crippen molar-refractivity contribution in [1.82, 2.24) is 9.97 Å². The van der Waals surface area contributed by atoms with E-state index < -0.39 is 0 Å². The van der Waals surface area contributed by atoms with Crippen molar-refractivity contribution >= 4 is 107 Å². The molecule has 6 heterocycles. The Morgan fingerprint density at radius 3 is 1.25 bits per heavy atom. The molecule has 0 aliphatic carbocycles. The van der Waals surface area contributed by atoms with Crippen molar-refractivity contribution in [2.45, 2.75) is 0 Å². The zero-order chi connectivity index (χ0) is 28.8. The highest BCUT2D eigenvalue weighted by atomic mass is 32.1. The van der Waals surface area contributed by atoms with E-state index in [1.54, 1.807) is 0 Å². The minimum absolute atomic E-state index is 0.884. The van der Waals surface area contributed by atoms with Crippen molar-refractivity contribution in [3.8, 4) is 32.3 Å². The highest BCUT2D eigenvalue weighted by Crippen LogP contribution is 2.42. The first-order valence-electron chi connectivity index (χ1n) is 14.3. The molecule has 0 fully saturated rings. The van der Waals surface area contributed by atoms with Gasteiger partial charge in [-0.3, -0.25) is 9.97 Å². The fourth-order valence-electron chi connectivity index (χ4n) is 6.33. The maximum absolute atomic E-state index is 4.83. The Bertz CT molecular complexity index is 2520. The van der Waals surface area contributed by atoms with Gasteiger partial charge in [0.2, 0.25) is 0 Å². The van der Waals surface area contributed by atoms with E-state index in [-0.39, 0.29) is 0 Å². The summed E-state index contributed by atoms with van der Waals surface area (Å²) >= 11 is 7.33. The van der Waals surface area contributed by atoms with E-state index in [2.05, 4.69) is 108 Å². The first-order chi connectivity index (χ1) is 21.8. The number of fused-ring (bicyclic) bond motifs is 10. The fourth-order valence-corrected chi connectivity index (χ4v) is 10.5. The molecule has 2 nitrogen and oxygen atoms in total. The number of benzene rings is 4. The molecule has 0 saturated carbocycles. The minimum atomic E-state index is 0.884. The number of rotatable bonds is 3. The number of hydrogen-bond donors (Lipinski definition) is 0. The summed E-state index contributed by atoms with van der Waals surface area (Å²) < 4.78 is 5.40. The summed E-state index contributed by atoms with van der Waals surface area (Å²) in [5.41, 5.74) is 4.03. The highest BCUT2D eigenvalue weighted by Gasteiger charge is 2.13. The molecule has 0 bridgehead atoms. The van der Waals surface area contributed by atoms with Crippen LogP contribution in [0, 0.1) is 0 Å². The topological polar surface area (TPSA) is 25.8 Å². The predicted molar refractivity (Wildman–Crippen MR) is 195 cm³/mol. The molecule has 0 unspecified atom stereocenters. The quantitative estimate of drug-likeness (QED) is 0.194. The molecule has 0 amide bonds. The zero-order valence-electron chi connectivity index (χ0n) is 23.1. The molecule has 0 radical (unpaired) electrons. The Hall–Kier alpha value is -4.46. The number of pyridine rings is 2. The molecule has 10 rings (SSSR count). The van der Waals surface area contributed by atoms with Crippen LogP contribution in [0.2, 0.25) is 0 Å². The Labute approximate surface area is 268 Å². The van der Waals surface area contributed by atoms with Gasteiger partial charge in [0.05, 0.1) is 11.4 Å². The largest absolute Gasteiger partial charge is 0.254 e. The van der Waals surface area contributed by atoms with Gasteiger partial charge in [-0.05, 0) is 80.8 Å². The van der Waals surface area contributed by atoms with Crippen LogP contribution in [0.3, 0.4) is 0 Å². The monoisotopic (exact) mass is 632 g/mol. The summed E-state index contributed by atoms with van der Waals surface area (Å²) in [5.74, 6) is 0. The summed E-state index contributed by atoms with van der Waals surface area (Å²) in [6.45, 7) is 0. The molecule has 0 atom stereocenters. The molecule has 0 saturated heterocycles. The van der Waals surface area contributed by atoms with Crippen molar-refractivity contribution in [2.75, 3.05) is 0 Å². The van der Waals surface area contributed by atoms with Gasteiger partial charge >= 0.3 is 0 Å². The molecule has 10 aromatic rings. The Morgan fingerprint density at radius 1 is 0.386 bits per heavy atom. The Balaban J connectivity index is 0.964. The zero-order valence-corrected chi connectivity index (χ0v) is 26.3. The molecule has 44 heavy (non-hydrogen) atoms. The van der Waals surface area contributed by atoms with E-state index in [0.29, 0.717) is 0 Å². The molecule has 6 aromatic heterocycles. The van der Waals surface area contributed by atoms with Crippen molar-refractivity contribution < 1.29 is 0 Å². The molecule has 0 aliphatic rings. The SMILES string of the molecule is c1cc2ccc3c(ccc4cc(-c5ccc(-c6ccc(-c7cc8ccc9c(ccc%10ccsc%109)c8s7)cn6)nc5)sc43)c2s1. The summed E-state index contributed by atoms with van der Waals surface area (Å²) in [7, 11) is 0. The van der Waals surface area contributed by atoms with Crippen LogP contribution in [-0.2, 0) is 0 Å². The number of thiophene rings is 4. The summed E-state index contributed by atoms with van der Waals surface area (Å²) in [5, 5.41) is 14.9. The lowest BCUT2D eigenvalue weighted by molar-refractivity contribution is 1.25. The van der Waals surface area contributed by atoms with E-state index in [1.807, 2.05) is 57.7 Å². The molecule has 206 valence electrons. The summed E-state index contributed by atoms with van der Waals surface area (Å²) in [4.78, 5) is 12.1. The number of nitrogens with zero attached hydrogens (tertiary/aromatic N) is 2. The average molecular weight is 633 g/mol. The van der Waals surface area contributed by atoms with Crippen molar-refractivity contribution in [1.29, 1.82) is 0 Å². The van der Waals surface area contributed by atoms with Gasteiger partial charge < -0.3 is 0 Å². The van der Waals surface area contributed by atoms with Crippen molar-refractivity contribution in [2.24, 2.45) is 0 Å². The van der Waals surface area contributed by atoms with Crippen LogP contribution in [-0.4, -0.2) is 9.97 Å². The third-order valence-corrected chi connectivity index (χ3v) is 12.9. The Kier molecular flexibility index (Phi) is 5.39. The fraction of sp³-hybridized carbons (Fsp3) is 0. The van der Waals surface area contributed by atoms with E-state index in [9.17, 15) is 0 Å². The van der Waals surface area contributed by atoms with Gasteiger partial charge in [0.1, 0.15) is 0 Å². The highest BCUT2D eigenvalue weighted by molar-refractivity contribution is 7.24. The van der Waals surface area contributed by atoms with Crippen LogP contribution in [0.1, 0.15) is 0 Å². The molecular weight excluding hydrogens is 613 g/mol. The molecule has 6 heteroatoms. The Morgan fingerprint density at radius 2 is 0.818 bits per heavy atom. The smallest absolute Gasteiger partial charge is 0.0886 e.